The zero-order valence-corrected chi connectivity index (χ0v) is 10.2. The number of hydrogen-bond acceptors (Lipinski definition) is 1. The highest BCUT2D eigenvalue weighted by Crippen LogP contribution is 2.19. The lowest BCUT2D eigenvalue weighted by atomic mass is 9.88. The molecule has 0 aliphatic carbocycles. The number of amides is 1. The summed E-state index contributed by atoms with van der Waals surface area (Å²) in [5.74, 6) is -0.846. The third-order valence-corrected chi connectivity index (χ3v) is 2.77. The lowest BCUT2D eigenvalue weighted by molar-refractivity contribution is 0.0906. The van der Waals surface area contributed by atoms with Crippen LogP contribution in [-0.2, 0) is 0 Å². The zero-order chi connectivity index (χ0) is 12.3. The molecule has 0 aromatic heterocycles. The molecule has 0 spiro atoms. The van der Waals surface area contributed by atoms with Crippen LogP contribution in [0.1, 0.15) is 38.1 Å². The fraction of sp³-hybridized carbons (Fsp3) is 0.462. The molecule has 0 saturated heterocycles. The summed E-state index contributed by atoms with van der Waals surface area (Å²) in [6.07, 6.45) is 0. The van der Waals surface area contributed by atoms with E-state index in [1.807, 2.05) is 27.7 Å². The molecule has 1 rings (SSSR count). The minimum absolute atomic E-state index is 0.0143. The number of carbonyl (C=O) groups is 1. The van der Waals surface area contributed by atoms with Gasteiger partial charge in [-0.05, 0) is 24.5 Å². The molecular weight excluding hydrogens is 205 g/mol. The van der Waals surface area contributed by atoms with E-state index in [4.69, 9.17) is 0 Å². The molecule has 1 atom stereocenters. The Morgan fingerprint density at radius 3 is 2.38 bits per heavy atom. The maximum Gasteiger partial charge on any atom is 0.254 e. The van der Waals surface area contributed by atoms with Crippen molar-refractivity contribution in [2.45, 2.75) is 33.7 Å². The van der Waals surface area contributed by atoms with Crippen molar-refractivity contribution in [1.82, 2.24) is 5.32 Å². The summed E-state index contributed by atoms with van der Waals surface area (Å²) >= 11 is 0. The van der Waals surface area contributed by atoms with E-state index in [1.165, 1.54) is 12.1 Å². The van der Waals surface area contributed by atoms with Crippen molar-refractivity contribution in [2.75, 3.05) is 0 Å². The van der Waals surface area contributed by atoms with Crippen LogP contribution in [0.5, 0.6) is 0 Å². The topological polar surface area (TPSA) is 29.1 Å². The van der Waals surface area contributed by atoms with Crippen molar-refractivity contribution in [3.05, 3.63) is 35.6 Å². The van der Waals surface area contributed by atoms with Crippen molar-refractivity contribution < 1.29 is 9.18 Å². The minimum Gasteiger partial charge on any atom is -0.349 e. The summed E-state index contributed by atoms with van der Waals surface area (Å²) in [4.78, 5) is 11.8. The highest BCUT2D eigenvalue weighted by molar-refractivity contribution is 5.94. The second-order valence-electron chi connectivity index (χ2n) is 5.04. The predicted octanol–water partition coefficient (Wildman–Crippen LogP) is 2.99. The Morgan fingerprint density at radius 2 is 1.88 bits per heavy atom. The smallest absolute Gasteiger partial charge is 0.254 e. The average molecular weight is 223 g/mol. The van der Waals surface area contributed by atoms with Crippen molar-refractivity contribution in [3.63, 3.8) is 0 Å². The van der Waals surface area contributed by atoms with Gasteiger partial charge in [0, 0.05) is 6.04 Å². The fourth-order valence-corrected chi connectivity index (χ4v) is 1.14. The van der Waals surface area contributed by atoms with E-state index in [0.29, 0.717) is 0 Å². The largest absolute Gasteiger partial charge is 0.349 e. The third kappa shape index (κ3) is 3.05. The Balaban J connectivity index is 2.78. The summed E-state index contributed by atoms with van der Waals surface area (Å²) < 4.78 is 13.3. The second-order valence-corrected chi connectivity index (χ2v) is 5.04. The van der Waals surface area contributed by atoms with Gasteiger partial charge in [-0.25, -0.2) is 4.39 Å². The van der Waals surface area contributed by atoms with Crippen LogP contribution < -0.4 is 5.32 Å². The van der Waals surface area contributed by atoms with Gasteiger partial charge in [0.25, 0.3) is 5.91 Å². The number of rotatable bonds is 2. The second kappa shape index (κ2) is 4.64. The number of halogens is 1. The van der Waals surface area contributed by atoms with Crippen LogP contribution in [0.4, 0.5) is 4.39 Å². The van der Waals surface area contributed by atoms with E-state index in [-0.39, 0.29) is 22.9 Å². The molecule has 88 valence electrons. The lowest BCUT2D eigenvalue weighted by Crippen LogP contribution is -2.41. The molecule has 0 heterocycles. The van der Waals surface area contributed by atoms with E-state index < -0.39 is 5.82 Å². The molecule has 0 aliphatic rings. The number of benzene rings is 1. The summed E-state index contributed by atoms with van der Waals surface area (Å²) in [6, 6.07) is 5.98. The van der Waals surface area contributed by atoms with E-state index in [2.05, 4.69) is 5.32 Å². The first-order valence-electron chi connectivity index (χ1n) is 5.38. The van der Waals surface area contributed by atoms with Crippen LogP contribution in [0, 0.1) is 11.2 Å². The Morgan fingerprint density at radius 1 is 1.31 bits per heavy atom. The van der Waals surface area contributed by atoms with Gasteiger partial charge in [-0.1, -0.05) is 32.9 Å². The van der Waals surface area contributed by atoms with E-state index in [9.17, 15) is 9.18 Å². The standard InChI is InChI=1S/C13H18FNO/c1-9(13(2,3)4)15-12(16)10-7-5-6-8-11(10)14/h5-9H,1-4H3,(H,15,16)/t9-/m1/s1. The first kappa shape index (κ1) is 12.7. The average Bonchev–Trinajstić information content (AvgIpc) is 2.16. The molecule has 1 N–H and O–H groups in total. The molecule has 0 aliphatic heterocycles. The van der Waals surface area contributed by atoms with Crippen molar-refractivity contribution in [2.24, 2.45) is 5.41 Å². The lowest BCUT2D eigenvalue weighted by Gasteiger charge is -2.28. The van der Waals surface area contributed by atoms with Gasteiger partial charge in [0.05, 0.1) is 5.56 Å². The number of nitrogens with one attached hydrogen (secondary N) is 1. The van der Waals surface area contributed by atoms with E-state index in [0.717, 1.165) is 0 Å². The molecule has 0 bridgehead atoms. The van der Waals surface area contributed by atoms with E-state index in [1.54, 1.807) is 12.1 Å². The van der Waals surface area contributed by atoms with Gasteiger partial charge in [0.1, 0.15) is 5.82 Å². The van der Waals surface area contributed by atoms with Gasteiger partial charge in [0.15, 0.2) is 0 Å². The molecule has 16 heavy (non-hydrogen) atoms. The maximum absolute atomic E-state index is 13.3. The van der Waals surface area contributed by atoms with Crippen LogP contribution in [-0.4, -0.2) is 11.9 Å². The van der Waals surface area contributed by atoms with Crippen molar-refractivity contribution in [3.8, 4) is 0 Å². The Hall–Kier alpha value is -1.38. The van der Waals surface area contributed by atoms with Gasteiger partial charge in [-0.15, -0.1) is 0 Å². The van der Waals surface area contributed by atoms with Crippen LogP contribution in [0.15, 0.2) is 24.3 Å². The number of carbonyl (C=O) groups excluding carboxylic acids is 1. The fourth-order valence-electron chi connectivity index (χ4n) is 1.14. The van der Waals surface area contributed by atoms with Gasteiger partial charge in [0.2, 0.25) is 0 Å². The molecule has 0 saturated carbocycles. The summed E-state index contributed by atoms with van der Waals surface area (Å²) in [5, 5.41) is 2.80. The highest BCUT2D eigenvalue weighted by Gasteiger charge is 2.22. The van der Waals surface area contributed by atoms with Crippen LogP contribution in [0.25, 0.3) is 0 Å². The van der Waals surface area contributed by atoms with Gasteiger partial charge in [-0.2, -0.15) is 0 Å². The van der Waals surface area contributed by atoms with Crippen LogP contribution in [0.3, 0.4) is 0 Å². The molecule has 2 nitrogen and oxygen atoms in total. The molecule has 0 unspecified atom stereocenters. The molecule has 1 aromatic rings. The Bertz CT molecular complexity index is 382. The van der Waals surface area contributed by atoms with Crippen molar-refractivity contribution in [1.29, 1.82) is 0 Å². The third-order valence-electron chi connectivity index (χ3n) is 2.77. The van der Waals surface area contributed by atoms with Crippen molar-refractivity contribution >= 4 is 5.91 Å². The minimum atomic E-state index is -0.485. The first-order valence-corrected chi connectivity index (χ1v) is 5.38. The molecular formula is C13H18FNO. The van der Waals surface area contributed by atoms with Crippen LogP contribution in [0.2, 0.25) is 0 Å². The maximum atomic E-state index is 13.3. The zero-order valence-electron chi connectivity index (χ0n) is 10.2. The molecule has 1 amide bonds. The van der Waals surface area contributed by atoms with E-state index >= 15 is 0 Å². The first-order chi connectivity index (χ1) is 7.32. The Labute approximate surface area is 95.9 Å². The van der Waals surface area contributed by atoms with Gasteiger partial charge in [-0.3, -0.25) is 4.79 Å². The van der Waals surface area contributed by atoms with Gasteiger partial charge < -0.3 is 5.32 Å². The number of hydrogen-bond donors (Lipinski definition) is 1. The van der Waals surface area contributed by atoms with Gasteiger partial charge >= 0.3 is 0 Å². The molecule has 0 fully saturated rings. The molecule has 1 aromatic carbocycles. The quantitative estimate of drug-likeness (QED) is 0.820. The van der Waals surface area contributed by atoms with Crippen LogP contribution >= 0.6 is 0 Å². The predicted molar refractivity (Wildman–Crippen MR) is 62.8 cm³/mol. The molecule has 0 radical (unpaired) electrons. The molecule has 3 heteroatoms. The Kier molecular flexibility index (Phi) is 3.68. The summed E-state index contributed by atoms with van der Waals surface area (Å²) in [6.45, 7) is 8.00. The summed E-state index contributed by atoms with van der Waals surface area (Å²) in [7, 11) is 0. The summed E-state index contributed by atoms with van der Waals surface area (Å²) in [5.41, 5.74) is 0.0552. The normalized spacial score (nSPS) is 13.3. The monoisotopic (exact) mass is 223 g/mol. The highest BCUT2D eigenvalue weighted by atomic mass is 19.1. The SMILES string of the molecule is C[C@@H](NC(=O)c1ccccc1F)C(C)(C)C.